The molecule has 2 rings (SSSR count). The fraction of sp³-hybridized carbons (Fsp3) is 0.286. The third kappa shape index (κ3) is 2.64. The first kappa shape index (κ1) is 12.9. The summed E-state index contributed by atoms with van der Waals surface area (Å²) in [6, 6.07) is 6.91. The van der Waals surface area contributed by atoms with E-state index < -0.39 is 0 Å². The normalized spacial score (nSPS) is 10.9. The molecule has 94 valence electrons. The van der Waals surface area contributed by atoms with Gasteiger partial charge in [-0.15, -0.1) is 0 Å². The number of aryl methyl sites for hydroxylation is 1. The number of hydrogen-bond donors (Lipinski definition) is 1. The first-order valence-electron chi connectivity index (χ1n) is 5.85. The zero-order valence-corrected chi connectivity index (χ0v) is 11.4. The smallest absolute Gasteiger partial charge is 0.139 e. The van der Waals surface area contributed by atoms with Crippen molar-refractivity contribution < 1.29 is 4.39 Å². The minimum atomic E-state index is -0.233. The quantitative estimate of drug-likeness (QED) is 0.814. The third-order valence-electron chi connectivity index (χ3n) is 2.83. The molecular formula is C14H15FN2S. The van der Waals surface area contributed by atoms with E-state index in [4.69, 9.17) is 12.2 Å². The Morgan fingerprint density at radius 1 is 1.28 bits per heavy atom. The lowest BCUT2D eigenvalue weighted by atomic mass is 10.1. The predicted molar refractivity (Wildman–Crippen MR) is 73.6 cm³/mol. The predicted octanol–water partition coefficient (Wildman–Crippen LogP) is 4.38. The van der Waals surface area contributed by atoms with Gasteiger partial charge in [0.15, 0.2) is 0 Å². The van der Waals surface area contributed by atoms with Crippen molar-refractivity contribution in [2.75, 3.05) is 0 Å². The van der Waals surface area contributed by atoms with E-state index in [1.807, 2.05) is 12.1 Å². The molecule has 18 heavy (non-hydrogen) atoms. The molecule has 0 unspecified atom stereocenters. The van der Waals surface area contributed by atoms with Crippen LogP contribution in [0.1, 0.15) is 31.0 Å². The molecule has 0 saturated carbocycles. The summed E-state index contributed by atoms with van der Waals surface area (Å²) in [7, 11) is 0. The fourth-order valence-electron chi connectivity index (χ4n) is 1.66. The highest BCUT2D eigenvalue weighted by atomic mass is 32.1. The second-order valence-electron chi connectivity index (χ2n) is 4.64. The summed E-state index contributed by atoms with van der Waals surface area (Å²) < 4.78 is 14.1. The molecular weight excluding hydrogens is 247 g/mol. The van der Waals surface area contributed by atoms with Crippen LogP contribution in [-0.2, 0) is 0 Å². The average molecular weight is 262 g/mol. The van der Waals surface area contributed by atoms with Gasteiger partial charge in [0.25, 0.3) is 0 Å². The van der Waals surface area contributed by atoms with E-state index in [0.717, 1.165) is 5.69 Å². The van der Waals surface area contributed by atoms with Crippen molar-refractivity contribution in [1.82, 2.24) is 9.97 Å². The molecule has 0 amide bonds. The van der Waals surface area contributed by atoms with Gasteiger partial charge in [0, 0.05) is 11.3 Å². The van der Waals surface area contributed by atoms with Gasteiger partial charge >= 0.3 is 0 Å². The molecule has 0 radical (unpaired) electrons. The Bertz CT molecular complexity index is 632. The summed E-state index contributed by atoms with van der Waals surface area (Å²) in [4.78, 5) is 7.45. The van der Waals surface area contributed by atoms with E-state index in [-0.39, 0.29) is 5.82 Å². The Morgan fingerprint density at radius 3 is 2.61 bits per heavy atom. The van der Waals surface area contributed by atoms with Crippen molar-refractivity contribution in [3.05, 3.63) is 46.0 Å². The van der Waals surface area contributed by atoms with Crippen LogP contribution >= 0.6 is 12.2 Å². The maximum absolute atomic E-state index is 13.6. The van der Waals surface area contributed by atoms with Crippen LogP contribution in [0, 0.1) is 17.4 Å². The van der Waals surface area contributed by atoms with Gasteiger partial charge in [0.05, 0.1) is 0 Å². The lowest BCUT2D eigenvalue weighted by Gasteiger charge is -2.09. The number of H-pyrrole nitrogens is 1. The van der Waals surface area contributed by atoms with Crippen LogP contribution in [0.25, 0.3) is 11.4 Å². The molecule has 0 saturated heterocycles. The Morgan fingerprint density at radius 2 is 2.00 bits per heavy atom. The van der Waals surface area contributed by atoms with Crippen molar-refractivity contribution in [3.63, 3.8) is 0 Å². The number of hydrogen-bond acceptors (Lipinski definition) is 2. The maximum atomic E-state index is 13.6. The van der Waals surface area contributed by atoms with Crippen LogP contribution < -0.4 is 0 Å². The first-order chi connectivity index (χ1) is 8.47. The van der Waals surface area contributed by atoms with E-state index in [9.17, 15) is 4.39 Å². The SMILES string of the molecule is Cc1ccc(-c2nc(=S)cc(C(C)C)[nH]2)cc1F. The summed E-state index contributed by atoms with van der Waals surface area (Å²) >= 11 is 5.14. The average Bonchev–Trinajstić information content (AvgIpc) is 2.31. The standard InChI is InChI=1S/C14H15FN2S/c1-8(2)12-7-13(18)17-14(16-12)10-5-4-9(3)11(15)6-10/h4-8H,1-3H3,(H,16,17,18). The van der Waals surface area contributed by atoms with Crippen LogP contribution in [0.2, 0.25) is 0 Å². The van der Waals surface area contributed by atoms with E-state index in [1.54, 1.807) is 13.0 Å². The van der Waals surface area contributed by atoms with Crippen LogP contribution in [0.15, 0.2) is 24.3 Å². The summed E-state index contributed by atoms with van der Waals surface area (Å²) in [5.41, 5.74) is 2.34. The third-order valence-corrected chi connectivity index (χ3v) is 3.04. The van der Waals surface area contributed by atoms with E-state index >= 15 is 0 Å². The van der Waals surface area contributed by atoms with Gasteiger partial charge < -0.3 is 4.98 Å². The monoisotopic (exact) mass is 262 g/mol. The van der Waals surface area contributed by atoms with Crippen molar-refractivity contribution in [2.45, 2.75) is 26.7 Å². The topological polar surface area (TPSA) is 28.7 Å². The minimum absolute atomic E-state index is 0.233. The zero-order valence-electron chi connectivity index (χ0n) is 10.6. The van der Waals surface area contributed by atoms with Gasteiger partial charge in [-0.3, -0.25) is 0 Å². The summed E-state index contributed by atoms with van der Waals surface area (Å²) in [5, 5.41) is 0. The second kappa shape index (κ2) is 4.98. The van der Waals surface area contributed by atoms with Crippen molar-refractivity contribution in [3.8, 4) is 11.4 Å². The number of nitrogens with one attached hydrogen (secondary N) is 1. The van der Waals surface area contributed by atoms with Crippen LogP contribution in [-0.4, -0.2) is 9.97 Å². The molecule has 0 aliphatic rings. The Balaban J connectivity index is 2.56. The van der Waals surface area contributed by atoms with Gasteiger partial charge in [-0.1, -0.05) is 38.2 Å². The van der Waals surface area contributed by atoms with Gasteiger partial charge in [0.2, 0.25) is 0 Å². The van der Waals surface area contributed by atoms with Gasteiger partial charge in [0.1, 0.15) is 16.3 Å². The summed E-state index contributed by atoms with van der Waals surface area (Å²) in [6.07, 6.45) is 0. The molecule has 0 spiro atoms. The molecule has 1 heterocycles. The molecule has 0 aliphatic heterocycles. The van der Waals surface area contributed by atoms with Crippen LogP contribution in [0.5, 0.6) is 0 Å². The van der Waals surface area contributed by atoms with Crippen molar-refractivity contribution >= 4 is 12.2 Å². The molecule has 0 atom stereocenters. The largest absolute Gasteiger partial charge is 0.343 e. The molecule has 2 aromatic rings. The highest BCUT2D eigenvalue weighted by Gasteiger charge is 2.07. The summed E-state index contributed by atoms with van der Waals surface area (Å²) in [5.74, 6) is 0.706. The Labute approximate surface area is 111 Å². The number of aromatic nitrogens is 2. The van der Waals surface area contributed by atoms with Crippen molar-refractivity contribution in [2.24, 2.45) is 0 Å². The number of aromatic amines is 1. The van der Waals surface area contributed by atoms with Gasteiger partial charge in [-0.2, -0.15) is 0 Å². The molecule has 4 heteroatoms. The first-order valence-corrected chi connectivity index (χ1v) is 6.26. The number of nitrogens with zero attached hydrogens (tertiary/aromatic N) is 1. The molecule has 1 aromatic heterocycles. The molecule has 1 aromatic carbocycles. The number of halogens is 1. The second-order valence-corrected chi connectivity index (χ2v) is 5.06. The van der Waals surface area contributed by atoms with E-state index in [2.05, 4.69) is 23.8 Å². The lowest BCUT2D eigenvalue weighted by Crippen LogP contribution is -1.98. The van der Waals surface area contributed by atoms with Gasteiger partial charge in [-0.25, -0.2) is 9.37 Å². The molecule has 2 nitrogen and oxygen atoms in total. The fourth-order valence-corrected chi connectivity index (χ4v) is 1.88. The van der Waals surface area contributed by atoms with Crippen molar-refractivity contribution in [1.29, 1.82) is 0 Å². The van der Waals surface area contributed by atoms with E-state index in [0.29, 0.717) is 27.5 Å². The van der Waals surface area contributed by atoms with E-state index in [1.165, 1.54) is 6.07 Å². The lowest BCUT2D eigenvalue weighted by molar-refractivity contribution is 0.619. The molecule has 0 aliphatic carbocycles. The van der Waals surface area contributed by atoms with Crippen LogP contribution in [0.3, 0.4) is 0 Å². The van der Waals surface area contributed by atoms with Gasteiger partial charge in [-0.05, 0) is 30.5 Å². The minimum Gasteiger partial charge on any atom is -0.343 e. The Kier molecular flexibility index (Phi) is 3.57. The molecule has 0 bridgehead atoms. The maximum Gasteiger partial charge on any atom is 0.139 e. The van der Waals surface area contributed by atoms with Crippen LogP contribution in [0.4, 0.5) is 4.39 Å². The zero-order chi connectivity index (χ0) is 13.3. The number of benzene rings is 1. The molecule has 1 N–H and O–H groups in total. The molecule has 0 fully saturated rings. The highest BCUT2D eigenvalue weighted by molar-refractivity contribution is 7.71. The number of rotatable bonds is 2. The summed E-state index contributed by atoms with van der Waals surface area (Å²) in [6.45, 7) is 5.87. The Hall–Kier alpha value is -1.55. The highest BCUT2D eigenvalue weighted by Crippen LogP contribution is 2.20.